The van der Waals surface area contributed by atoms with Crippen LogP contribution in [0.5, 0.6) is 17.2 Å². The summed E-state index contributed by atoms with van der Waals surface area (Å²) in [7, 11) is 0. The first-order chi connectivity index (χ1) is 13.5. The van der Waals surface area contributed by atoms with Crippen LogP contribution in [0.2, 0.25) is 0 Å². The Balaban J connectivity index is 2.18. The van der Waals surface area contributed by atoms with Crippen LogP contribution in [-0.4, -0.2) is 25.7 Å². The zero-order valence-electron chi connectivity index (χ0n) is 17.5. The van der Waals surface area contributed by atoms with E-state index in [2.05, 4.69) is 31.3 Å². The van der Waals surface area contributed by atoms with Crippen LogP contribution in [0.3, 0.4) is 0 Å². The first-order valence-electron chi connectivity index (χ1n) is 9.93. The van der Waals surface area contributed by atoms with Crippen LogP contribution >= 0.6 is 0 Å². The highest BCUT2D eigenvalue weighted by atomic mass is 16.5. The lowest BCUT2D eigenvalue weighted by atomic mass is 10.0. The molecule has 2 aromatic rings. The molecule has 28 heavy (non-hydrogen) atoms. The summed E-state index contributed by atoms with van der Waals surface area (Å²) >= 11 is 0. The van der Waals surface area contributed by atoms with Crippen molar-refractivity contribution < 1.29 is 19.0 Å². The number of hydrogen-bond donors (Lipinski definition) is 1. The zero-order chi connectivity index (χ0) is 20.5. The molecule has 5 nitrogen and oxygen atoms in total. The molecule has 0 saturated heterocycles. The summed E-state index contributed by atoms with van der Waals surface area (Å²) in [5.74, 6) is 1.87. The smallest absolute Gasteiger partial charge is 0.251 e. The standard InChI is InChI=1S/C23H31NO4/c1-6-26-20-13-19(14-21(27-7-2)22(20)28-8-3)23(25)24-15-17-9-11-18(12-10-17)16(4)5/h9-14,16H,6-8,15H2,1-5H3,(H,24,25). The number of amides is 1. The van der Waals surface area contributed by atoms with Gasteiger partial charge in [-0.15, -0.1) is 0 Å². The second-order valence-corrected chi connectivity index (χ2v) is 6.68. The highest BCUT2D eigenvalue weighted by Gasteiger charge is 2.18. The van der Waals surface area contributed by atoms with Crippen LogP contribution in [0.4, 0.5) is 0 Å². The Morgan fingerprint density at radius 3 is 1.89 bits per heavy atom. The zero-order valence-corrected chi connectivity index (χ0v) is 17.5. The second-order valence-electron chi connectivity index (χ2n) is 6.68. The highest BCUT2D eigenvalue weighted by molar-refractivity contribution is 5.95. The topological polar surface area (TPSA) is 56.8 Å². The van der Waals surface area contributed by atoms with Crippen molar-refractivity contribution in [1.82, 2.24) is 5.32 Å². The molecule has 0 spiro atoms. The van der Waals surface area contributed by atoms with Gasteiger partial charge in [0, 0.05) is 12.1 Å². The number of ether oxygens (including phenoxy) is 3. The van der Waals surface area contributed by atoms with Crippen LogP contribution in [-0.2, 0) is 6.54 Å². The molecule has 0 heterocycles. The Morgan fingerprint density at radius 1 is 0.893 bits per heavy atom. The van der Waals surface area contributed by atoms with E-state index < -0.39 is 0 Å². The summed E-state index contributed by atoms with van der Waals surface area (Å²) in [6.07, 6.45) is 0. The summed E-state index contributed by atoms with van der Waals surface area (Å²) in [5.41, 5.74) is 2.82. The average molecular weight is 386 g/mol. The van der Waals surface area contributed by atoms with Crippen molar-refractivity contribution in [2.45, 2.75) is 47.1 Å². The monoisotopic (exact) mass is 385 g/mol. The fraction of sp³-hybridized carbons (Fsp3) is 0.435. The molecular formula is C23H31NO4. The normalized spacial score (nSPS) is 10.6. The van der Waals surface area contributed by atoms with Gasteiger partial charge in [0.1, 0.15) is 0 Å². The van der Waals surface area contributed by atoms with E-state index in [9.17, 15) is 4.79 Å². The van der Waals surface area contributed by atoms with Crippen LogP contribution in [0, 0.1) is 0 Å². The molecule has 0 radical (unpaired) electrons. The van der Waals surface area contributed by atoms with E-state index in [1.165, 1.54) is 5.56 Å². The van der Waals surface area contributed by atoms with Crippen LogP contribution in [0.25, 0.3) is 0 Å². The predicted octanol–water partition coefficient (Wildman–Crippen LogP) is 4.94. The van der Waals surface area contributed by atoms with Gasteiger partial charge in [-0.1, -0.05) is 38.1 Å². The lowest BCUT2D eigenvalue weighted by Crippen LogP contribution is -2.23. The largest absolute Gasteiger partial charge is 0.490 e. The van der Waals surface area contributed by atoms with Crippen molar-refractivity contribution in [2.24, 2.45) is 0 Å². The van der Waals surface area contributed by atoms with E-state index in [4.69, 9.17) is 14.2 Å². The molecule has 2 aromatic carbocycles. The Morgan fingerprint density at radius 2 is 1.43 bits per heavy atom. The van der Waals surface area contributed by atoms with Gasteiger partial charge in [0.25, 0.3) is 5.91 Å². The third-order valence-corrected chi connectivity index (χ3v) is 4.27. The maximum Gasteiger partial charge on any atom is 0.251 e. The minimum atomic E-state index is -0.183. The fourth-order valence-corrected chi connectivity index (χ4v) is 2.82. The van der Waals surface area contributed by atoms with Crippen LogP contribution < -0.4 is 19.5 Å². The molecule has 0 unspecified atom stereocenters. The summed E-state index contributed by atoms with van der Waals surface area (Å²) < 4.78 is 17.0. The minimum Gasteiger partial charge on any atom is -0.490 e. The summed E-state index contributed by atoms with van der Waals surface area (Å²) in [6.45, 7) is 11.9. The fourth-order valence-electron chi connectivity index (χ4n) is 2.82. The van der Waals surface area contributed by atoms with E-state index in [0.717, 1.165) is 5.56 Å². The van der Waals surface area contributed by atoms with Gasteiger partial charge in [0.05, 0.1) is 19.8 Å². The van der Waals surface area contributed by atoms with Crippen molar-refractivity contribution in [2.75, 3.05) is 19.8 Å². The van der Waals surface area contributed by atoms with E-state index in [1.807, 2.05) is 32.9 Å². The molecule has 0 bridgehead atoms. The SMILES string of the molecule is CCOc1cc(C(=O)NCc2ccc(C(C)C)cc2)cc(OCC)c1OCC. The lowest BCUT2D eigenvalue weighted by Gasteiger charge is -2.17. The van der Waals surface area contributed by atoms with E-state index in [0.29, 0.717) is 55.1 Å². The third-order valence-electron chi connectivity index (χ3n) is 4.27. The van der Waals surface area contributed by atoms with Crippen molar-refractivity contribution >= 4 is 5.91 Å². The molecule has 0 saturated carbocycles. The molecule has 1 amide bonds. The van der Waals surface area contributed by atoms with Crippen molar-refractivity contribution in [3.63, 3.8) is 0 Å². The summed E-state index contributed by atoms with van der Waals surface area (Å²) in [6, 6.07) is 11.7. The van der Waals surface area contributed by atoms with Gasteiger partial charge in [-0.05, 0) is 49.9 Å². The van der Waals surface area contributed by atoms with Gasteiger partial charge in [0.2, 0.25) is 5.75 Å². The molecule has 0 aromatic heterocycles. The first kappa shape index (κ1) is 21.6. The number of nitrogens with one attached hydrogen (secondary N) is 1. The van der Waals surface area contributed by atoms with Gasteiger partial charge in [-0.3, -0.25) is 4.79 Å². The average Bonchev–Trinajstić information content (AvgIpc) is 2.69. The maximum absolute atomic E-state index is 12.7. The number of hydrogen-bond acceptors (Lipinski definition) is 4. The molecule has 1 N–H and O–H groups in total. The van der Waals surface area contributed by atoms with Crippen molar-refractivity contribution in [1.29, 1.82) is 0 Å². The van der Waals surface area contributed by atoms with Crippen molar-refractivity contribution in [3.8, 4) is 17.2 Å². The molecular weight excluding hydrogens is 354 g/mol. The lowest BCUT2D eigenvalue weighted by molar-refractivity contribution is 0.0949. The van der Waals surface area contributed by atoms with Crippen LogP contribution in [0.15, 0.2) is 36.4 Å². The van der Waals surface area contributed by atoms with Gasteiger partial charge in [0.15, 0.2) is 11.5 Å². The molecule has 2 rings (SSSR count). The van der Waals surface area contributed by atoms with Gasteiger partial charge in [-0.2, -0.15) is 0 Å². The molecule has 0 aliphatic carbocycles. The van der Waals surface area contributed by atoms with Gasteiger partial charge < -0.3 is 19.5 Å². The van der Waals surface area contributed by atoms with E-state index in [1.54, 1.807) is 12.1 Å². The highest BCUT2D eigenvalue weighted by Crippen LogP contribution is 2.39. The number of rotatable bonds is 10. The van der Waals surface area contributed by atoms with E-state index in [-0.39, 0.29) is 5.91 Å². The van der Waals surface area contributed by atoms with Crippen molar-refractivity contribution in [3.05, 3.63) is 53.1 Å². The summed E-state index contributed by atoms with van der Waals surface area (Å²) in [5, 5.41) is 2.96. The number of carbonyl (C=O) groups is 1. The molecule has 5 heteroatoms. The van der Waals surface area contributed by atoms with E-state index >= 15 is 0 Å². The number of carbonyl (C=O) groups excluding carboxylic acids is 1. The van der Waals surface area contributed by atoms with Crippen LogP contribution in [0.1, 0.15) is 62.0 Å². The predicted molar refractivity (Wildman–Crippen MR) is 112 cm³/mol. The quantitative estimate of drug-likeness (QED) is 0.630. The Hall–Kier alpha value is -2.69. The van der Waals surface area contributed by atoms with Gasteiger partial charge in [-0.25, -0.2) is 0 Å². The first-order valence-corrected chi connectivity index (χ1v) is 9.93. The Labute approximate surface area is 168 Å². The summed E-state index contributed by atoms with van der Waals surface area (Å²) in [4.78, 5) is 12.7. The minimum absolute atomic E-state index is 0.183. The number of benzene rings is 2. The molecule has 0 aliphatic heterocycles. The second kappa shape index (κ2) is 10.6. The Kier molecular flexibility index (Phi) is 8.18. The molecule has 152 valence electrons. The maximum atomic E-state index is 12.7. The van der Waals surface area contributed by atoms with Gasteiger partial charge >= 0.3 is 0 Å². The molecule has 0 aliphatic rings. The molecule has 0 fully saturated rings. The molecule has 0 atom stereocenters. The third kappa shape index (κ3) is 5.65. The Bertz CT molecular complexity index is 742.